The van der Waals surface area contributed by atoms with Crippen molar-refractivity contribution in [3.8, 4) is 0 Å². The minimum atomic E-state index is 0.180. The van der Waals surface area contributed by atoms with Gasteiger partial charge in [-0.05, 0) is 43.0 Å². The number of nitrogens with one attached hydrogen (secondary N) is 1. The fourth-order valence-electron chi connectivity index (χ4n) is 2.24. The zero-order chi connectivity index (χ0) is 10.8. The molecule has 15 heavy (non-hydrogen) atoms. The maximum atomic E-state index is 11.7. The number of rotatable bonds is 3. The van der Waals surface area contributed by atoms with E-state index in [0.29, 0.717) is 12.5 Å². The fourth-order valence-corrected chi connectivity index (χ4v) is 2.24. The predicted octanol–water partition coefficient (Wildman–Crippen LogP) is 2.14. The monoisotopic (exact) mass is 203 g/mol. The van der Waals surface area contributed by atoms with E-state index in [2.05, 4.69) is 24.4 Å². The van der Waals surface area contributed by atoms with Crippen LogP contribution in [-0.4, -0.2) is 19.4 Å². The Hall–Kier alpha value is -1.15. The van der Waals surface area contributed by atoms with Crippen LogP contribution < -0.4 is 5.32 Å². The number of fused-ring (bicyclic) bond motifs is 1. The van der Waals surface area contributed by atoms with Crippen molar-refractivity contribution in [2.75, 3.05) is 13.6 Å². The first-order valence-corrected chi connectivity index (χ1v) is 5.53. The zero-order valence-corrected chi connectivity index (χ0v) is 9.34. The van der Waals surface area contributed by atoms with Gasteiger partial charge in [0.25, 0.3) is 0 Å². The van der Waals surface area contributed by atoms with Gasteiger partial charge in [0.1, 0.15) is 0 Å². The molecule has 1 unspecified atom stereocenters. The molecular formula is C13H17NO. The summed E-state index contributed by atoms with van der Waals surface area (Å²) in [6, 6.07) is 6.14. The number of ketones is 1. The number of hydrogen-bond donors (Lipinski definition) is 1. The summed E-state index contributed by atoms with van der Waals surface area (Å²) in [4.78, 5) is 11.7. The van der Waals surface area contributed by atoms with Gasteiger partial charge in [-0.1, -0.05) is 19.1 Å². The Morgan fingerprint density at radius 1 is 1.53 bits per heavy atom. The van der Waals surface area contributed by atoms with Gasteiger partial charge in [0, 0.05) is 5.56 Å². The summed E-state index contributed by atoms with van der Waals surface area (Å²) in [6.07, 6.45) is 2.38. The lowest BCUT2D eigenvalue weighted by Crippen LogP contribution is -2.18. The second-order valence-corrected chi connectivity index (χ2v) is 4.31. The molecular weight excluding hydrogens is 186 g/mol. The van der Waals surface area contributed by atoms with E-state index in [1.54, 1.807) is 7.05 Å². The van der Waals surface area contributed by atoms with Crippen molar-refractivity contribution in [1.82, 2.24) is 5.32 Å². The van der Waals surface area contributed by atoms with E-state index in [-0.39, 0.29) is 5.78 Å². The van der Waals surface area contributed by atoms with Crippen molar-refractivity contribution in [1.29, 1.82) is 0 Å². The molecule has 1 atom stereocenters. The van der Waals surface area contributed by atoms with Gasteiger partial charge in [-0.3, -0.25) is 4.79 Å². The van der Waals surface area contributed by atoms with Crippen LogP contribution in [0.1, 0.15) is 40.7 Å². The van der Waals surface area contributed by atoms with E-state index < -0.39 is 0 Å². The number of likely N-dealkylation sites (N-methyl/N-ethyl adjacent to an activating group) is 1. The normalized spacial score (nSPS) is 18.9. The molecule has 0 amide bonds. The van der Waals surface area contributed by atoms with Gasteiger partial charge in [0.2, 0.25) is 0 Å². The lowest BCUT2D eigenvalue weighted by molar-refractivity contribution is 0.0993. The van der Waals surface area contributed by atoms with Crippen LogP contribution >= 0.6 is 0 Å². The SMILES string of the molecule is CNCC(=O)c1ccc2c(c1)C(C)CC2. The highest BCUT2D eigenvalue weighted by Crippen LogP contribution is 2.33. The molecule has 1 aliphatic rings. The average Bonchev–Trinajstić information content (AvgIpc) is 2.60. The van der Waals surface area contributed by atoms with E-state index in [1.165, 1.54) is 17.5 Å². The van der Waals surface area contributed by atoms with Gasteiger partial charge >= 0.3 is 0 Å². The second-order valence-electron chi connectivity index (χ2n) is 4.31. The third-order valence-corrected chi connectivity index (χ3v) is 3.18. The smallest absolute Gasteiger partial charge is 0.176 e. The van der Waals surface area contributed by atoms with E-state index in [1.807, 2.05) is 6.07 Å². The first kappa shape index (κ1) is 10.4. The minimum Gasteiger partial charge on any atom is -0.313 e. The van der Waals surface area contributed by atoms with Crippen LogP contribution in [0.15, 0.2) is 18.2 Å². The summed E-state index contributed by atoms with van der Waals surface area (Å²) >= 11 is 0. The van der Waals surface area contributed by atoms with E-state index >= 15 is 0 Å². The average molecular weight is 203 g/mol. The Morgan fingerprint density at radius 2 is 2.33 bits per heavy atom. The second kappa shape index (κ2) is 4.15. The van der Waals surface area contributed by atoms with Crippen molar-refractivity contribution in [2.24, 2.45) is 0 Å². The summed E-state index contributed by atoms with van der Waals surface area (Å²) in [5.41, 5.74) is 3.64. The highest BCUT2D eigenvalue weighted by atomic mass is 16.1. The minimum absolute atomic E-state index is 0.180. The Kier molecular flexibility index (Phi) is 2.87. The Balaban J connectivity index is 2.29. The first-order valence-electron chi connectivity index (χ1n) is 5.53. The van der Waals surface area contributed by atoms with Crippen molar-refractivity contribution < 1.29 is 4.79 Å². The molecule has 0 fully saturated rings. The number of carbonyl (C=O) groups is 1. The molecule has 0 radical (unpaired) electrons. The Bertz CT molecular complexity index is 384. The standard InChI is InChI=1S/C13H17NO/c1-9-3-4-10-5-6-11(7-12(9)10)13(15)8-14-2/h5-7,9,14H,3-4,8H2,1-2H3. The number of Topliss-reactive ketones (excluding diaryl/α,β-unsaturated/α-hetero) is 1. The number of carbonyl (C=O) groups excluding carboxylic acids is 1. The van der Waals surface area contributed by atoms with Gasteiger partial charge in [-0.2, -0.15) is 0 Å². The Labute approximate surface area is 90.7 Å². The predicted molar refractivity (Wildman–Crippen MR) is 61.4 cm³/mol. The largest absolute Gasteiger partial charge is 0.313 e. The maximum Gasteiger partial charge on any atom is 0.176 e. The summed E-state index contributed by atoms with van der Waals surface area (Å²) in [6.45, 7) is 2.66. The van der Waals surface area contributed by atoms with E-state index in [0.717, 1.165) is 12.0 Å². The molecule has 2 rings (SSSR count). The topological polar surface area (TPSA) is 29.1 Å². The first-order chi connectivity index (χ1) is 7.22. The van der Waals surface area contributed by atoms with Crippen LogP contribution in [0.2, 0.25) is 0 Å². The van der Waals surface area contributed by atoms with Gasteiger partial charge in [-0.15, -0.1) is 0 Å². The van der Waals surface area contributed by atoms with Gasteiger partial charge in [0.05, 0.1) is 6.54 Å². The maximum absolute atomic E-state index is 11.7. The quantitative estimate of drug-likeness (QED) is 0.762. The number of benzene rings is 1. The van der Waals surface area contributed by atoms with Crippen LogP contribution in [0.5, 0.6) is 0 Å². The van der Waals surface area contributed by atoms with Crippen LogP contribution in [0.3, 0.4) is 0 Å². The molecule has 2 nitrogen and oxygen atoms in total. The molecule has 2 heteroatoms. The van der Waals surface area contributed by atoms with Crippen LogP contribution in [0.25, 0.3) is 0 Å². The molecule has 0 aliphatic heterocycles. The van der Waals surface area contributed by atoms with Gasteiger partial charge < -0.3 is 5.32 Å². The van der Waals surface area contributed by atoms with Gasteiger partial charge in [-0.25, -0.2) is 0 Å². The summed E-state index contributed by atoms with van der Waals surface area (Å²) in [7, 11) is 1.80. The molecule has 1 N–H and O–H groups in total. The number of aryl methyl sites for hydroxylation is 1. The van der Waals surface area contributed by atoms with E-state index in [9.17, 15) is 4.79 Å². The van der Waals surface area contributed by atoms with Gasteiger partial charge in [0.15, 0.2) is 5.78 Å². The molecule has 0 saturated carbocycles. The third kappa shape index (κ3) is 1.95. The van der Waals surface area contributed by atoms with Crippen molar-refractivity contribution in [3.63, 3.8) is 0 Å². The molecule has 0 saturated heterocycles. The Morgan fingerprint density at radius 3 is 3.07 bits per heavy atom. The zero-order valence-electron chi connectivity index (χ0n) is 9.34. The lowest BCUT2D eigenvalue weighted by atomic mass is 9.99. The number of hydrogen-bond acceptors (Lipinski definition) is 2. The molecule has 1 aliphatic carbocycles. The van der Waals surface area contributed by atoms with Crippen LogP contribution in [0, 0.1) is 0 Å². The molecule has 0 spiro atoms. The summed E-state index contributed by atoms with van der Waals surface area (Å²) in [5, 5.41) is 2.90. The lowest BCUT2D eigenvalue weighted by Gasteiger charge is -2.07. The van der Waals surface area contributed by atoms with Crippen molar-refractivity contribution in [2.45, 2.75) is 25.7 Å². The fraction of sp³-hybridized carbons (Fsp3) is 0.462. The third-order valence-electron chi connectivity index (χ3n) is 3.18. The molecule has 0 bridgehead atoms. The summed E-state index contributed by atoms with van der Waals surface area (Å²) in [5.74, 6) is 0.793. The molecule has 80 valence electrons. The van der Waals surface area contributed by atoms with Crippen LogP contribution in [0.4, 0.5) is 0 Å². The highest BCUT2D eigenvalue weighted by Gasteiger charge is 2.19. The highest BCUT2D eigenvalue weighted by molar-refractivity contribution is 5.97. The molecule has 1 aromatic rings. The molecule has 1 aromatic carbocycles. The van der Waals surface area contributed by atoms with Crippen LogP contribution in [-0.2, 0) is 6.42 Å². The molecule has 0 aromatic heterocycles. The summed E-state index contributed by atoms with van der Waals surface area (Å²) < 4.78 is 0. The molecule has 0 heterocycles. The van der Waals surface area contributed by atoms with Crippen molar-refractivity contribution in [3.05, 3.63) is 34.9 Å². The van der Waals surface area contributed by atoms with E-state index in [4.69, 9.17) is 0 Å². The van der Waals surface area contributed by atoms with Crippen molar-refractivity contribution >= 4 is 5.78 Å².